The van der Waals surface area contributed by atoms with Crippen LogP contribution < -0.4 is 16.0 Å². The van der Waals surface area contributed by atoms with E-state index >= 15 is 0 Å². The zero-order chi connectivity index (χ0) is 14.5. The number of nitrogens with one attached hydrogen (secondary N) is 1. The Kier molecular flexibility index (Phi) is 4.95. The van der Waals surface area contributed by atoms with Gasteiger partial charge < -0.3 is 4.74 Å². The summed E-state index contributed by atoms with van der Waals surface area (Å²) in [5.74, 6) is 6.48. The molecule has 0 fully saturated rings. The van der Waals surface area contributed by atoms with Crippen LogP contribution in [-0.4, -0.2) is 12.1 Å². The Morgan fingerprint density at radius 1 is 1.35 bits per heavy atom. The number of benzene rings is 1. The van der Waals surface area contributed by atoms with Crippen molar-refractivity contribution in [3.63, 3.8) is 0 Å². The van der Waals surface area contributed by atoms with Gasteiger partial charge >= 0.3 is 0 Å². The molecule has 0 spiro atoms. The van der Waals surface area contributed by atoms with Gasteiger partial charge in [-0.2, -0.15) is 0 Å². The molecule has 1 aromatic heterocycles. The number of halogens is 1. The SMILES string of the molecule is COc1ccc(Cl)cc1CC(NN)c1cncc(C)c1. The van der Waals surface area contributed by atoms with E-state index in [1.165, 1.54) is 0 Å². The summed E-state index contributed by atoms with van der Waals surface area (Å²) in [6, 6.07) is 7.58. The van der Waals surface area contributed by atoms with Gasteiger partial charge in [-0.25, -0.2) is 0 Å². The fraction of sp³-hybridized carbons (Fsp3) is 0.267. The number of ether oxygens (including phenoxy) is 1. The summed E-state index contributed by atoms with van der Waals surface area (Å²) < 4.78 is 5.36. The lowest BCUT2D eigenvalue weighted by Crippen LogP contribution is -2.29. The molecule has 0 bridgehead atoms. The van der Waals surface area contributed by atoms with Gasteiger partial charge in [-0.05, 0) is 48.2 Å². The predicted octanol–water partition coefficient (Wildman–Crippen LogP) is 2.80. The number of nitrogens with two attached hydrogens (primary N) is 1. The molecular weight excluding hydrogens is 274 g/mol. The van der Waals surface area contributed by atoms with Gasteiger partial charge in [-0.1, -0.05) is 17.7 Å². The molecule has 106 valence electrons. The van der Waals surface area contributed by atoms with Crippen molar-refractivity contribution in [2.75, 3.05) is 7.11 Å². The molecule has 1 aromatic carbocycles. The van der Waals surface area contributed by atoms with Crippen LogP contribution in [0, 0.1) is 6.92 Å². The van der Waals surface area contributed by atoms with Crippen LogP contribution in [0.3, 0.4) is 0 Å². The van der Waals surface area contributed by atoms with E-state index in [1.807, 2.05) is 37.5 Å². The largest absolute Gasteiger partial charge is 0.496 e. The second-order valence-electron chi connectivity index (χ2n) is 4.68. The number of hydrazine groups is 1. The van der Waals surface area contributed by atoms with E-state index in [9.17, 15) is 0 Å². The minimum atomic E-state index is -0.0465. The molecule has 20 heavy (non-hydrogen) atoms. The van der Waals surface area contributed by atoms with E-state index in [4.69, 9.17) is 22.2 Å². The first kappa shape index (κ1) is 14.8. The van der Waals surface area contributed by atoms with E-state index in [0.29, 0.717) is 11.4 Å². The van der Waals surface area contributed by atoms with Crippen LogP contribution in [0.4, 0.5) is 0 Å². The highest BCUT2D eigenvalue weighted by atomic mass is 35.5. The number of hydrogen-bond acceptors (Lipinski definition) is 4. The van der Waals surface area contributed by atoms with Gasteiger partial charge in [-0.3, -0.25) is 16.3 Å². The number of hydrogen-bond donors (Lipinski definition) is 2. The van der Waals surface area contributed by atoms with Crippen LogP contribution in [-0.2, 0) is 6.42 Å². The Hall–Kier alpha value is -1.62. The van der Waals surface area contributed by atoms with Crippen molar-refractivity contribution in [2.24, 2.45) is 5.84 Å². The van der Waals surface area contributed by atoms with Crippen molar-refractivity contribution in [3.8, 4) is 5.75 Å². The number of aromatic nitrogens is 1. The maximum absolute atomic E-state index is 6.05. The van der Waals surface area contributed by atoms with Crippen molar-refractivity contribution in [2.45, 2.75) is 19.4 Å². The van der Waals surface area contributed by atoms with Gasteiger partial charge in [0.1, 0.15) is 5.75 Å². The molecule has 4 nitrogen and oxygen atoms in total. The predicted molar refractivity (Wildman–Crippen MR) is 80.7 cm³/mol. The third kappa shape index (κ3) is 3.48. The molecule has 1 heterocycles. The number of rotatable bonds is 5. The van der Waals surface area contributed by atoms with Crippen molar-refractivity contribution in [1.29, 1.82) is 0 Å². The maximum Gasteiger partial charge on any atom is 0.122 e. The summed E-state index contributed by atoms with van der Waals surface area (Å²) in [6.07, 6.45) is 4.30. The van der Waals surface area contributed by atoms with Crippen molar-refractivity contribution >= 4 is 11.6 Å². The Morgan fingerprint density at radius 2 is 2.15 bits per heavy atom. The Labute approximate surface area is 123 Å². The van der Waals surface area contributed by atoms with Crippen molar-refractivity contribution in [3.05, 3.63) is 58.4 Å². The number of pyridine rings is 1. The minimum absolute atomic E-state index is 0.0465. The molecule has 0 saturated carbocycles. The summed E-state index contributed by atoms with van der Waals surface area (Å²) >= 11 is 6.05. The summed E-state index contributed by atoms with van der Waals surface area (Å²) in [6.45, 7) is 2.00. The van der Waals surface area contributed by atoms with Gasteiger partial charge in [0.15, 0.2) is 0 Å². The summed E-state index contributed by atoms with van der Waals surface area (Å²) in [5, 5.41) is 0.680. The van der Waals surface area contributed by atoms with Gasteiger partial charge in [0.2, 0.25) is 0 Å². The third-order valence-electron chi connectivity index (χ3n) is 3.17. The maximum atomic E-state index is 6.05. The molecule has 3 N–H and O–H groups in total. The molecule has 0 amide bonds. The average molecular weight is 292 g/mol. The Balaban J connectivity index is 2.28. The molecule has 0 aliphatic heterocycles. The normalized spacial score (nSPS) is 12.2. The molecule has 2 rings (SSSR count). The molecule has 0 aliphatic rings. The minimum Gasteiger partial charge on any atom is -0.496 e. The van der Waals surface area contributed by atoms with E-state index in [0.717, 1.165) is 22.4 Å². The smallest absolute Gasteiger partial charge is 0.122 e. The Bertz CT molecular complexity index is 589. The highest BCUT2D eigenvalue weighted by Gasteiger charge is 2.14. The average Bonchev–Trinajstić information content (AvgIpc) is 2.45. The molecule has 1 atom stereocenters. The standard InChI is InChI=1S/C15H18ClN3O/c1-10-5-12(9-18-8-10)14(19-17)7-11-6-13(16)3-4-15(11)20-2/h3-6,8-9,14,19H,7,17H2,1-2H3. The summed E-state index contributed by atoms with van der Waals surface area (Å²) in [4.78, 5) is 4.20. The van der Waals surface area contributed by atoms with Crippen LogP contribution in [0.15, 0.2) is 36.7 Å². The van der Waals surface area contributed by atoms with Gasteiger partial charge in [0.25, 0.3) is 0 Å². The van der Waals surface area contributed by atoms with Crippen LogP contribution in [0.2, 0.25) is 5.02 Å². The quantitative estimate of drug-likeness (QED) is 0.657. The molecule has 0 saturated heterocycles. The monoisotopic (exact) mass is 291 g/mol. The van der Waals surface area contributed by atoms with Crippen LogP contribution in [0.5, 0.6) is 5.75 Å². The topological polar surface area (TPSA) is 60.2 Å². The molecule has 0 radical (unpaired) electrons. The molecular formula is C15H18ClN3O. The molecule has 1 unspecified atom stereocenters. The lowest BCUT2D eigenvalue weighted by atomic mass is 9.99. The van der Waals surface area contributed by atoms with Crippen LogP contribution in [0.1, 0.15) is 22.7 Å². The van der Waals surface area contributed by atoms with Gasteiger partial charge in [0.05, 0.1) is 13.2 Å². The number of methoxy groups -OCH3 is 1. The first-order valence-corrected chi connectivity index (χ1v) is 6.72. The molecule has 2 aromatic rings. The summed E-state index contributed by atoms with van der Waals surface area (Å²) in [7, 11) is 1.64. The number of aryl methyl sites for hydroxylation is 1. The molecule has 0 aliphatic carbocycles. The second kappa shape index (κ2) is 6.70. The zero-order valence-electron chi connectivity index (χ0n) is 11.6. The van der Waals surface area contributed by atoms with E-state index in [1.54, 1.807) is 7.11 Å². The van der Waals surface area contributed by atoms with E-state index < -0.39 is 0 Å². The van der Waals surface area contributed by atoms with Gasteiger partial charge in [0, 0.05) is 17.4 Å². The lowest BCUT2D eigenvalue weighted by Gasteiger charge is -2.18. The van der Waals surface area contributed by atoms with Crippen molar-refractivity contribution in [1.82, 2.24) is 10.4 Å². The fourth-order valence-corrected chi connectivity index (χ4v) is 2.36. The highest BCUT2D eigenvalue weighted by Crippen LogP contribution is 2.27. The fourth-order valence-electron chi connectivity index (χ4n) is 2.17. The molecule has 5 heteroatoms. The summed E-state index contributed by atoms with van der Waals surface area (Å²) in [5.41, 5.74) is 5.96. The van der Waals surface area contributed by atoms with Crippen molar-refractivity contribution < 1.29 is 4.74 Å². The highest BCUT2D eigenvalue weighted by molar-refractivity contribution is 6.30. The van der Waals surface area contributed by atoms with Crippen LogP contribution in [0.25, 0.3) is 0 Å². The first-order valence-electron chi connectivity index (χ1n) is 6.34. The van der Waals surface area contributed by atoms with E-state index in [2.05, 4.69) is 16.5 Å². The zero-order valence-corrected chi connectivity index (χ0v) is 12.3. The Morgan fingerprint density at radius 3 is 2.80 bits per heavy atom. The number of nitrogens with zero attached hydrogens (tertiary/aromatic N) is 1. The van der Waals surface area contributed by atoms with E-state index in [-0.39, 0.29) is 6.04 Å². The third-order valence-corrected chi connectivity index (χ3v) is 3.40. The van der Waals surface area contributed by atoms with Crippen LogP contribution >= 0.6 is 11.6 Å². The first-order chi connectivity index (χ1) is 9.63. The second-order valence-corrected chi connectivity index (χ2v) is 5.11. The lowest BCUT2D eigenvalue weighted by molar-refractivity contribution is 0.405. The van der Waals surface area contributed by atoms with Gasteiger partial charge in [-0.15, -0.1) is 0 Å².